The van der Waals surface area contributed by atoms with Gasteiger partial charge in [-0.2, -0.15) is 0 Å². The van der Waals surface area contributed by atoms with Crippen LogP contribution in [0.15, 0.2) is 24.3 Å². The zero-order chi connectivity index (χ0) is 17.2. The topological polar surface area (TPSA) is 44.8 Å². The first-order valence-corrected chi connectivity index (χ1v) is 8.91. The summed E-state index contributed by atoms with van der Waals surface area (Å²) in [6.45, 7) is 10.1. The molecular weight excluding hydrogens is 302 g/mol. The molecule has 5 heteroatoms. The number of benzene rings is 1. The summed E-state index contributed by atoms with van der Waals surface area (Å²) < 4.78 is 5.22. The van der Waals surface area contributed by atoms with Gasteiger partial charge >= 0.3 is 0 Å². The molecule has 5 nitrogen and oxygen atoms in total. The first-order chi connectivity index (χ1) is 11.5. The Labute approximate surface area is 145 Å². The Morgan fingerprint density at radius 2 is 1.83 bits per heavy atom. The Kier molecular flexibility index (Phi) is 5.11. The molecule has 0 spiro atoms. The molecule has 0 radical (unpaired) electrons. The van der Waals surface area contributed by atoms with Gasteiger partial charge in [-0.3, -0.25) is 9.69 Å². The van der Waals surface area contributed by atoms with Crippen molar-refractivity contribution in [3.05, 3.63) is 29.8 Å². The lowest BCUT2D eigenvalue weighted by atomic mass is 9.83. The lowest BCUT2D eigenvalue weighted by Crippen LogP contribution is -2.50. The Morgan fingerprint density at radius 1 is 1.17 bits per heavy atom. The normalized spacial score (nSPS) is 22.6. The minimum Gasteiger partial charge on any atom is -0.497 e. The number of rotatable bonds is 4. The number of carbonyl (C=O) groups is 1. The van der Waals surface area contributed by atoms with E-state index >= 15 is 0 Å². The molecule has 1 amide bonds. The van der Waals surface area contributed by atoms with Crippen molar-refractivity contribution in [2.45, 2.75) is 31.7 Å². The second kappa shape index (κ2) is 7.11. The molecule has 1 aromatic rings. The third kappa shape index (κ3) is 3.42. The molecule has 0 aliphatic carbocycles. The standard InChI is InChI=1S/C19H29N3O2/c1-19(2,15-4-6-17(24-3)7-5-15)18(23)22-11-8-16(14-22)21-12-9-20-10-13-21/h4-7,16,20H,8-14H2,1-3H3. The summed E-state index contributed by atoms with van der Waals surface area (Å²) in [4.78, 5) is 17.7. The molecule has 24 heavy (non-hydrogen) atoms. The quantitative estimate of drug-likeness (QED) is 0.908. The highest BCUT2D eigenvalue weighted by atomic mass is 16.5. The molecule has 1 atom stereocenters. The zero-order valence-corrected chi connectivity index (χ0v) is 15.0. The SMILES string of the molecule is COc1ccc(C(C)(C)C(=O)N2CCC(N3CCNCC3)C2)cc1. The predicted molar refractivity (Wildman–Crippen MR) is 95.4 cm³/mol. The van der Waals surface area contributed by atoms with E-state index in [2.05, 4.69) is 15.1 Å². The van der Waals surface area contributed by atoms with Crippen LogP contribution in [0.3, 0.4) is 0 Å². The highest BCUT2D eigenvalue weighted by molar-refractivity contribution is 5.87. The smallest absolute Gasteiger partial charge is 0.232 e. The fourth-order valence-corrected chi connectivity index (χ4v) is 3.80. The van der Waals surface area contributed by atoms with Gasteiger partial charge in [-0.1, -0.05) is 12.1 Å². The number of piperazine rings is 1. The van der Waals surface area contributed by atoms with Crippen LogP contribution in [0.4, 0.5) is 0 Å². The summed E-state index contributed by atoms with van der Waals surface area (Å²) in [7, 11) is 1.66. The number of nitrogens with zero attached hydrogens (tertiary/aromatic N) is 2. The molecule has 2 saturated heterocycles. The summed E-state index contributed by atoms with van der Waals surface area (Å²) in [5.41, 5.74) is 0.531. The van der Waals surface area contributed by atoms with E-state index in [1.54, 1.807) is 7.11 Å². The first-order valence-electron chi connectivity index (χ1n) is 8.91. The molecule has 2 aliphatic rings. The van der Waals surface area contributed by atoms with Crippen molar-refractivity contribution in [1.82, 2.24) is 15.1 Å². The largest absolute Gasteiger partial charge is 0.497 e. The molecule has 1 aromatic carbocycles. The van der Waals surface area contributed by atoms with E-state index in [-0.39, 0.29) is 5.91 Å². The van der Waals surface area contributed by atoms with Crippen LogP contribution in [0.5, 0.6) is 5.75 Å². The highest BCUT2D eigenvalue weighted by Crippen LogP contribution is 2.29. The van der Waals surface area contributed by atoms with Crippen LogP contribution in [0.1, 0.15) is 25.8 Å². The van der Waals surface area contributed by atoms with E-state index in [1.165, 1.54) is 0 Å². The van der Waals surface area contributed by atoms with E-state index in [1.807, 2.05) is 38.1 Å². The van der Waals surface area contributed by atoms with Gasteiger partial charge < -0.3 is 15.0 Å². The van der Waals surface area contributed by atoms with E-state index in [0.29, 0.717) is 6.04 Å². The van der Waals surface area contributed by atoms with Gasteiger partial charge in [-0.15, -0.1) is 0 Å². The van der Waals surface area contributed by atoms with E-state index in [9.17, 15) is 4.79 Å². The lowest BCUT2D eigenvalue weighted by molar-refractivity contribution is -0.135. The number of methoxy groups -OCH3 is 1. The van der Waals surface area contributed by atoms with Gasteiger partial charge in [0.1, 0.15) is 5.75 Å². The molecular formula is C19H29N3O2. The fourth-order valence-electron chi connectivity index (χ4n) is 3.80. The van der Waals surface area contributed by atoms with Crippen molar-refractivity contribution >= 4 is 5.91 Å². The predicted octanol–water partition coefficient (Wildman–Crippen LogP) is 1.48. The number of ether oxygens (including phenoxy) is 1. The van der Waals surface area contributed by atoms with Crippen LogP contribution in [-0.4, -0.2) is 68.1 Å². The van der Waals surface area contributed by atoms with Gasteiger partial charge in [-0.05, 0) is 38.0 Å². The van der Waals surface area contributed by atoms with Crippen LogP contribution in [0, 0.1) is 0 Å². The molecule has 2 fully saturated rings. The van der Waals surface area contributed by atoms with Crippen LogP contribution in [0.2, 0.25) is 0 Å². The Balaban J connectivity index is 1.66. The minimum absolute atomic E-state index is 0.227. The van der Waals surface area contributed by atoms with Crippen LogP contribution in [-0.2, 0) is 10.2 Å². The summed E-state index contributed by atoms with van der Waals surface area (Å²) in [5.74, 6) is 1.05. The Morgan fingerprint density at radius 3 is 2.46 bits per heavy atom. The van der Waals surface area contributed by atoms with Crippen molar-refractivity contribution in [3.63, 3.8) is 0 Å². The first kappa shape index (κ1) is 17.2. The summed E-state index contributed by atoms with van der Waals surface area (Å²) >= 11 is 0. The van der Waals surface area contributed by atoms with E-state index < -0.39 is 5.41 Å². The monoisotopic (exact) mass is 331 g/mol. The molecule has 3 rings (SSSR count). The molecule has 2 aliphatic heterocycles. The molecule has 2 heterocycles. The second-order valence-corrected chi connectivity index (χ2v) is 7.33. The van der Waals surface area contributed by atoms with Crippen molar-refractivity contribution in [2.24, 2.45) is 0 Å². The molecule has 0 bridgehead atoms. The molecule has 132 valence electrons. The van der Waals surface area contributed by atoms with Gasteiger partial charge in [0.25, 0.3) is 0 Å². The Bertz CT molecular complexity index is 564. The molecule has 1 unspecified atom stereocenters. The van der Waals surface area contributed by atoms with Crippen LogP contribution >= 0.6 is 0 Å². The van der Waals surface area contributed by atoms with E-state index in [4.69, 9.17) is 4.74 Å². The van der Waals surface area contributed by atoms with Crippen LogP contribution in [0.25, 0.3) is 0 Å². The maximum Gasteiger partial charge on any atom is 0.232 e. The van der Waals surface area contributed by atoms with Gasteiger partial charge in [-0.25, -0.2) is 0 Å². The Hall–Kier alpha value is -1.59. The van der Waals surface area contributed by atoms with Gasteiger partial charge in [0.15, 0.2) is 0 Å². The zero-order valence-electron chi connectivity index (χ0n) is 15.0. The van der Waals surface area contributed by atoms with Gasteiger partial charge in [0.2, 0.25) is 5.91 Å². The molecule has 1 N–H and O–H groups in total. The average molecular weight is 331 g/mol. The number of amides is 1. The van der Waals surface area contributed by atoms with E-state index in [0.717, 1.165) is 57.0 Å². The summed E-state index contributed by atoms with van der Waals surface area (Å²) in [6.07, 6.45) is 1.09. The van der Waals surface area contributed by atoms with Gasteiger partial charge in [0, 0.05) is 45.3 Å². The number of likely N-dealkylation sites (tertiary alicyclic amines) is 1. The maximum absolute atomic E-state index is 13.1. The van der Waals surface area contributed by atoms with Crippen molar-refractivity contribution in [3.8, 4) is 5.75 Å². The maximum atomic E-state index is 13.1. The summed E-state index contributed by atoms with van der Waals surface area (Å²) in [6, 6.07) is 8.37. The second-order valence-electron chi connectivity index (χ2n) is 7.33. The number of carbonyl (C=O) groups excluding carboxylic acids is 1. The average Bonchev–Trinajstić information content (AvgIpc) is 3.12. The molecule has 0 saturated carbocycles. The van der Waals surface area contributed by atoms with Crippen molar-refractivity contribution < 1.29 is 9.53 Å². The minimum atomic E-state index is -0.509. The highest BCUT2D eigenvalue weighted by Gasteiger charge is 2.38. The van der Waals surface area contributed by atoms with Crippen LogP contribution < -0.4 is 10.1 Å². The fraction of sp³-hybridized carbons (Fsp3) is 0.632. The third-order valence-corrected chi connectivity index (χ3v) is 5.46. The molecule has 0 aromatic heterocycles. The van der Waals surface area contributed by atoms with Crippen molar-refractivity contribution in [2.75, 3.05) is 46.4 Å². The third-order valence-electron chi connectivity index (χ3n) is 5.46. The van der Waals surface area contributed by atoms with Gasteiger partial charge in [0.05, 0.1) is 12.5 Å². The number of hydrogen-bond acceptors (Lipinski definition) is 4. The number of nitrogens with one attached hydrogen (secondary N) is 1. The number of hydrogen-bond donors (Lipinski definition) is 1. The summed E-state index contributed by atoms with van der Waals surface area (Å²) in [5, 5.41) is 3.39. The van der Waals surface area contributed by atoms with Crippen molar-refractivity contribution in [1.29, 1.82) is 0 Å². The lowest BCUT2D eigenvalue weighted by Gasteiger charge is -2.34.